The van der Waals surface area contributed by atoms with E-state index in [1.54, 1.807) is 4.90 Å². The van der Waals surface area contributed by atoms with Gasteiger partial charge >= 0.3 is 0 Å². The van der Waals surface area contributed by atoms with E-state index >= 15 is 0 Å². The highest BCUT2D eigenvalue weighted by Crippen LogP contribution is 2.47. The minimum Gasteiger partial charge on any atom is -0.351 e. The van der Waals surface area contributed by atoms with Gasteiger partial charge in [-0.15, -0.1) is 0 Å². The SMILES string of the molecule is CC1(C)OC2(CCCCC2)N(C(=O)CN)[C@H]1C(=O)NC1CCCCC1. The molecule has 0 radical (unpaired) electrons. The Kier molecular flexibility index (Phi) is 5.40. The Labute approximate surface area is 150 Å². The molecule has 2 aliphatic carbocycles. The van der Waals surface area contributed by atoms with E-state index in [1.807, 2.05) is 13.8 Å². The molecule has 1 saturated heterocycles. The van der Waals surface area contributed by atoms with Crippen molar-refractivity contribution in [2.45, 2.75) is 101 Å². The monoisotopic (exact) mass is 351 g/mol. The van der Waals surface area contributed by atoms with E-state index in [4.69, 9.17) is 10.5 Å². The smallest absolute Gasteiger partial charge is 0.246 e. The molecule has 1 spiro atoms. The topological polar surface area (TPSA) is 84.7 Å². The highest BCUT2D eigenvalue weighted by molar-refractivity contribution is 5.90. The van der Waals surface area contributed by atoms with Gasteiger partial charge in [0, 0.05) is 6.04 Å². The fourth-order valence-corrected chi connectivity index (χ4v) is 5.02. The van der Waals surface area contributed by atoms with E-state index in [0.717, 1.165) is 57.8 Å². The minimum absolute atomic E-state index is 0.0823. The lowest BCUT2D eigenvalue weighted by atomic mass is 9.89. The van der Waals surface area contributed by atoms with Crippen LogP contribution >= 0.6 is 0 Å². The molecule has 25 heavy (non-hydrogen) atoms. The lowest BCUT2D eigenvalue weighted by Gasteiger charge is -2.41. The highest BCUT2D eigenvalue weighted by atomic mass is 16.6. The molecule has 0 aromatic carbocycles. The first kappa shape index (κ1) is 18.6. The van der Waals surface area contributed by atoms with Gasteiger partial charge in [0.1, 0.15) is 11.8 Å². The van der Waals surface area contributed by atoms with Crippen molar-refractivity contribution in [2.75, 3.05) is 6.54 Å². The standard InChI is InChI=1S/C19H33N3O3/c1-18(2)16(17(24)21-14-9-5-3-6-10-14)22(15(23)13-20)19(25-18)11-7-4-8-12-19/h14,16H,3-13,20H2,1-2H3,(H,21,24)/t16-/m0/s1. The molecule has 0 aromatic heterocycles. The molecule has 3 rings (SSSR count). The lowest BCUT2D eigenvalue weighted by molar-refractivity contribution is -0.167. The van der Waals surface area contributed by atoms with Crippen LogP contribution in [0, 0.1) is 0 Å². The second kappa shape index (κ2) is 7.23. The van der Waals surface area contributed by atoms with Gasteiger partial charge in [-0.2, -0.15) is 0 Å². The van der Waals surface area contributed by atoms with Gasteiger partial charge in [0.25, 0.3) is 0 Å². The number of carbonyl (C=O) groups excluding carboxylic acids is 2. The van der Waals surface area contributed by atoms with Gasteiger partial charge in [-0.3, -0.25) is 14.5 Å². The summed E-state index contributed by atoms with van der Waals surface area (Å²) in [6.07, 6.45) is 10.4. The Hall–Kier alpha value is -1.14. The molecule has 0 bridgehead atoms. The van der Waals surface area contributed by atoms with Gasteiger partial charge in [-0.05, 0) is 52.4 Å². The predicted molar refractivity (Wildman–Crippen MR) is 95.7 cm³/mol. The maximum Gasteiger partial charge on any atom is 0.246 e. The summed E-state index contributed by atoms with van der Waals surface area (Å²) in [7, 11) is 0. The summed E-state index contributed by atoms with van der Waals surface area (Å²) in [5, 5.41) is 3.19. The van der Waals surface area contributed by atoms with Crippen LogP contribution in [-0.2, 0) is 14.3 Å². The molecule has 3 N–H and O–H groups in total. The molecule has 3 fully saturated rings. The minimum atomic E-state index is -0.707. The zero-order chi connectivity index (χ0) is 18.1. The van der Waals surface area contributed by atoms with Crippen LogP contribution in [0.3, 0.4) is 0 Å². The number of amides is 2. The van der Waals surface area contributed by atoms with Crippen LogP contribution in [0.25, 0.3) is 0 Å². The molecule has 142 valence electrons. The third-order valence-corrected chi connectivity index (χ3v) is 6.09. The average Bonchev–Trinajstić information content (AvgIpc) is 2.82. The van der Waals surface area contributed by atoms with Crippen LogP contribution in [0.15, 0.2) is 0 Å². The third kappa shape index (κ3) is 3.56. The number of hydrogen-bond acceptors (Lipinski definition) is 4. The van der Waals surface area contributed by atoms with Crippen molar-refractivity contribution in [3.63, 3.8) is 0 Å². The van der Waals surface area contributed by atoms with Crippen LogP contribution in [0.2, 0.25) is 0 Å². The van der Waals surface area contributed by atoms with Gasteiger partial charge in [0.2, 0.25) is 11.8 Å². The second-order valence-corrected chi connectivity index (χ2v) is 8.43. The van der Waals surface area contributed by atoms with E-state index < -0.39 is 17.4 Å². The molecule has 6 nitrogen and oxygen atoms in total. The van der Waals surface area contributed by atoms with Crippen molar-refractivity contribution in [1.29, 1.82) is 0 Å². The number of nitrogens with zero attached hydrogens (tertiary/aromatic N) is 1. The summed E-state index contributed by atoms with van der Waals surface area (Å²) in [5.74, 6) is -0.266. The molecule has 1 atom stereocenters. The number of hydrogen-bond donors (Lipinski definition) is 2. The fourth-order valence-electron chi connectivity index (χ4n) is 5.02. The van der Waals surface area contributed by atoms with Crippen molar-refractivity contribution in [3.05, 3.63) is 0 Å². The zero-order valence-electron chi connectivity index (χ0n) is 15.7. The van der Waals surface area contributed by atoms with Crippen molar-refractivity contribution in [2.24, 2.45) is 5.73 Å². The van der Waals surface area contributed by atoms with Gasteiger partial charge in [-0.25, -0.2) is 0 Å². The summed E-state index contributed by atoms with van der Waals surface area (Å²) in [6, 6.07) is -0.390. The number of nitrogens with two attached hydrogens (primary N) is 1. The second-order valence-electron chi connectivity index (χ2n) is 8.43. The Bertz CT molecular complexity index is 508. The average molecular weight is 351 g/mol. The molecule has 2 amide bonds. The molecular weight excluding hydrogens is 318 g/mol. The predicted octanol–water partition coefficient (Wildman–Crippen LogP) is 2.06. The van der Waals surface area contributed by atoms with Crippen molar-refractivity contribution in [3.8, 4) is 0 Å². The zero-order valence-corrected chi connectivity index (χ0v) is 15.7. The first-order chi connectivity index (χ1) is 11.9. The number of ether oxygens (including phenoxy) is 1. The number of rotatable bonds is 3. The lowest BCUT2D eigenvalue weighted by Crippen LogP contribution is -2.60. The van der Waals surface area contributed by atoms with Crippen LogP contribution < -0.4 is 11.1 Å². The maximum atomic E-state index is 13.2. The van der Waals surface area contributed by atoms with Crippen molar-refractivity contribution < 1.29 is 14.3 Å². The highest BCUT2D eigenvalue weighted by Gasteiger charge is 2.60. The first-order valence-corrected chi connectivity index (χ1v) is 9.92. The summed E-state index contributed by atoms with van der Waals surface area (Å²) < 4.78 is 6.42. The molecule has 0 aromatic rings. The molecule has 2 saturated carbocycles. The largest absolute Gasteiger partial charge is 0.351 e. The normalized spacial score (nSPS) is 28.9. The van der Waals surface area contributed by atoms with Crippen LogP contribution in [0.5, 0.6) is 0 Å². The van der Waals surface area contributed by atoms with Crippen LogP contribution in [-0.4, -0.2) is 46.7 Å². The van der Waals surface area contributed by atoms with Crippen molar-refractivity contribution in [1.82, 2.24) is 10.2 Å². The fraction of sp³-hybridized carbons (Fsp3) is 0.895. The van der Waals surface area contributed by atoms with Crippen LogP contribution in [0.1, 0.15) is 78.1 Å². The van der Waals surface area contributed by atoms with Gasteiger partial charge < -0.3 is 15.8 Å². The van der Waals surface area contributed by atoms with Gasteiger partial charge in [0.15, 0.2) is 0 Å². The van der Waals surface area contributed by atoms with Gasteiger partial charge in [-0.1, -0.05) is 25.7 Å². The van der Waals surface area contributed by atoms with E-state index in [0.29, 0.717) is 0 Å². The number of carbonyl (C=O) groups is 2. The summed E-state index contributed by atoms with van der Waals surface area (Å²) in [5.41, 5.74) is 4.33. The quantitative estimate of drug-likeness (QED) is 0.815. The molecule has 1 heterocycles. The Morgan fingerprint density at radius 3 is 2.28 bits per heavy atom. The van der Waals surface area contributed by atoms with Crippen molar-refractivity contribution >= 4 is 11.8 Å². The first-order valence-electron chi connectivity index (χ1n) is 9.92. The Morgan fingerprint density at radius 1 is 1.08 bits per heavy atom. The summed E-state index contributed by atoms with van der Waals surface area (Å²) in [6.45, 7) is 3.77. The Balaban J connectivity index is 1.85. The number of nitrogens with one attached hydrogen (secondary N) is 1. The van der Waals surface area contributed by atoms with E-state index in [9.17, 15) is 9.59 Å². The summed E-state index contributed by atoms with van der Waals surface area (Å²) in [4.78, 5) is 27.6. The third-order valence-electron chi connectivity index (χ3n) is 6.09. The molecular formula is C19H33N3O3. The van der Waals surface area contributed by atoms with E-state index in [-0.39, 0.29) is 24.4 Å². The molecule has 0 unspecified atom stereocenters. The Morgan fingerprint density at radius 2 is 1.68 bits per heavy atom. The van der Waals surface area contributed by atoms with Crippen LogP contribution in [0.4, 0.5) is 0 Å². The molecule has 1 aliphatic heterocycles. The van der Waals surface area contributed by atoms with E-state index in [1.165, 1.54) is 6.42 Å². The summed E-state index contributed by atoms with van der Waals surface area (Å²) >= 11 is 0. The van der Waals surface area contributed by atoms with Gasteiger partial charge in [0.05, 0.1) is 12.1 Å². The van der Waals surface area contributed by atoms with E-state index in [2.05, 4.69) is 5.32 Å². The maximum absolute atomic E-state index is 13.2. The molecule has 6 heteroatoms. The molecule has 3 aliphatic rings.